The normalized spacial score (nSPS) is 12.7. The second-order valence-corrected chi connectivity index (χ2v) is 3.29. The molecule has 0 aromatic carbocycles. The summed E-state index contributed by atoms with van der Waals surface area (Å²) in [4.78, 5) is 10.8. The lowest BCUT2D eigenvalue weighted by molar-refractivity contribution is -0.136. The predicted octanol–water partition coefficient (Wildman–Crippen LogP) is 1.64. The highest BCUT2D eigenvalue weighted by Crippen LogP contribution is 2.06. The van der Waals surface area contributed by atoms with Gasteiger partial charge in [0.2, 0.25) is 0 Å². The van der Waals surface area contributed by atoms with E-state index >= 15 is 0 Å². The first-order valence-corrected chi connectivity index (χ1v) is 5.47. The first kappa shape index (κ1) is 13.5. The highest BCUT2D eigenvalue weighted by Gasteiger charge is 2.01. The Labute approximate surface area is 97.7 Å². The van der Waals surface area contributed by atoms with Gasteiger partial charge in [0.15, 0.2) is 0 Å². The molecule has 0 saturated carbocycles. The lowest BCUT2D eigenvalue weighted by Gasteiger charge is -2.01. The molecule has 0 heterocycles. The zero-order chi connectivity index (χ0) is 11.0. The van der Waals surface area contributed by atoms with Gasteiger partial charge in [-0.05, 0) is 17.9 Å². The van der Waals surface area contributed by atoms with E-state index in [2.05, 4.69) is 39.2 Å². The van der Waals surface area contributed by atoms with E-state index in [0.29, 0.717) is 13.0 Å². The Hall–Kier alpha value is -0.540. The van der Waals surface area contributed by atoms with Gasteiger partial charge in [0.1, 0.15) is 6.10 Å². The molecule has 0 aliphatic heterocycles. The summed E-state index contributed by atoms with van der Waals surface area (Å²) in [5.41, 5.74) is 1.02. The highest BCUT2D eigenvalue weighted by molar-refractivity contribution is 14.1. The molecule has 3 nitrogen and oxygen atoms in total. The summed E-state index contributed by atoms with van der Waals surface area (Å²) in [5.74, 6) is 4.05. The molecule has 0 amide bonds. The van der Waals surface area contributed by atoms with Crippen molar-refractivity contribution in [3.8, 4) is 11.8 Å². The lowest BCUT2D eigenvalue weighted by Crippen LogP contribution is -2.06. The van der Waals surface area contributed by atoms with E-state index in [1.165, 1.54) is 0 Å². The number of hydrogen-bond acceptors (Lipinski definition) is 3. The van der Waals surface area contributed by atoms with E-state index in [1.807, 2.05) is 11.0 Å². The number of halogens is 1. The van der Waals surface area contributed by atoms with E-state index < -0.39 is 12.1 Å². The molecular formula is C10H13IO3. The van der Waals surface area contributed by atoms with Crippen molar-refractivity contribution in [2.45, 2.75) is 26.4 Å². The van der Waals surface area contributed by atoms with Gasteiger partial charge >= 0.3 is 5.97 Å². The van der Waals surface area contributed by atoms with Crippen molar-refractivity contribution in [3.63, 3.8) is 0 Å². The van der Waals surface area contributed by atoms with Crippen molar-refractivity contribution in [1.29, 1.82) is 0 Å². The molecule has 1 atom stereocenters. The highest BCUT2D eigenvalue weighted by atomic mass is 127. The quantitative estimate of drug-likeness (QED) is 0.373. The van der Waals surface area contributed by atoms with E-state index in [1.54, 1.807) is 6.92 Å². The summed E-state index contributed by atoms with van der Waals surface area (Å²) < 4.78 is 6.45. The van der Waals surface area contributed by atoms with Crippen molar-refractivity contribution >= 4 is 28.6 Å². The molecule has 0 aliphatic rings. The SMILES string of the molecule is CCOC(=O)C#C[C@@H](O)CC(C)=CI. The van der Waals surface area contributed by atoms with Crippen LogP contribution in [0.4, 0.5) is 0 Å². The molecule has 1 N–H and O–H groups in total. The third-order valence-electron chi connectivity index (χ3n) is 1.32. The lowest BCUT2D eigenvalue weighted by atomic mass is 10.1. The maximum atomic E-state index is 10.8. The van der Waals surface area contributed by atoms with Crippen LogP contribution in [0.15, 0.2) is 9.66 Å². The van der Waals surface area contributed by atoms with Gasteiger partial charge in [0.25, 0.3) is 0 Å². The molecule has 78 valence electrons. The summed E-state index contributed by atoms with van der Waals surface area (Å²) in [5, 5.41) is 9.34. The van der Waals surface area contributed by atoms with Gasteiger partial charge in [0, 0.05) is 12.3 Å². The number of rotatable bonds is 3. The first-order valence-electron chi connectivity index (χ1n) is 4.22. The minimum atomic E-state index is -0.801. The largest absolute Gasteiger partial charge is 0.456 e. The van der Waals surface area contributed by atoms with Crippen LogP contribution in [-0.2, 0) is 9.53 Å². The van der Waals surface area contributed by atoms with Gasteiger partial charge in [0.05, 0.1) is 6.61 Å². The average molecular weight is 308 g/mol. The average Bonchev–Trinajstić information content (AvgIpc) is 2.15. The van der Waals surface area contributed by atoms with Gasteiger partial charge in [-0.2, -0.15) is 0 Å². The zero-order valence-corrected chi connectivity index (χ0v) is 10.4. The van der Waals surface area contributed by atoms with Crippen LogP contribution in [0.25, 0.3) is 0 Å². The molecule has 0 unspecified atom stereocenters. The Balaban J connectivity index is 4.03. The standard InChI is InChI=1S/C10H13IO3/c1-3-14-10(13)5-4-9(12)6-8(2)7-11/h7,9,12H,3,6H2,1-2H3/t9-/m1/s1. The smallest absolute Gasteiger partial charge is 0.384 e. The number of aliphatic hydroxyl groups is 1. The molecule has 0 fully saturated rings. The Morgan fingerprint density at radius 3 is 2.86 bits per heavy atom. The van der Waals surface area contributed by atoms with Crippen LogP contribution in [0, 0.1) is 11.8 Å². The minimum absolute atomic E-state index is 0.302. The number of esters is 1. The fourth-order valence-electron chi connectivity index (χ4n) is 0.710. The van der Waals surface area contributed by atoms with Gasteiger partial charge in [-0.25, -0.2) is 4.79 Å². The maximum Gasteiger partial charge on any atom is 0.384 e. The fourth-order valence-corrected chi connectivity index (χ4v) is 0.964. The number of aliphatic hydroxyl groups excluding tert-OH is 1. The predicted molar refractivity (Wildman–Crippen MR) is 62.8 cm³/mol. The molecule has 0 aliphatic carbocycles. The van der Waals surface area contributed by atoms with Crippen molar-refractivity contribution in [2.24, 2.45) is 0 Å². The van der Waals surface area contributed by atoms with Crippen LogP contribution in [-0.4, -0.2) is 23.8 Å². The molecule has 0 saturated heterocycles. The van der Waals surface area contributed by atoms with Crippen LogP contribution in [0.5, 0.6) is 0 Å². The van der Waals surface area contributed by atoms with Crippen LogP contribution in [0.2, 0.25) is 0 Å². The topological polar surface area (TPSA) is 46.5 Å². The molecule has 0 bridgehead atoms. The van der Waals surface area contributed by atoms with Crippen molar-refractivity contribution in [3.05, 3.63) is 9.66 Å². The van der Waals surface area contributed by atoms with E-state index in [9.17, 15) is 9.90 Å². The van der Waals surface area contributed by atoms with Gasteiger partial charge in [-0.3, -0.25) is 0 Å². The van der Waals surface area contributed by atoms with Gasteiger partial charge < -0.3 is 9.84 Å². The summed E-state index contributed by atoms with van der Waals surface area (Å²) in [6.07, 6.45) is -0.347. The number of carbonyl (C=O) groups excluding carboxylic acids is 1. The summed E-state index contributed by atoms with van der Waals surface area (Å²) in [6, 6.07) is 0. The van der Waals surface area contributed by atoms with Crippen molar-refractivity contribution in [1.82, 2.24) is 0 Å². The maximum absolute atomic E-state index is 10.8. The third kappa shape index (κ3) is 6.92. The molecular weight excluding hydrogens is 295 g/mol. The van der Waals surface area contributed by atoms with Crippen LogP contribution in [0.1, 0.15) is 20.3 Å². The Morgan fingerprint density at radius 2 is 2.36 bits per heavy atom. The molecule has 0 radical (unpaired) electrons. The number of ether oxygens (including phenoxy) is 1. The second kappa shape index (κ2) is 7.83. The molecule has 14 heavy (non-hydrogen) atoms. The van der Waals surface area contributed by atoms with Crippen molar-refractivity contribution < 1.29 is 14.6 Å². The van der Waals surface area contributed by atoms with Gasteiger partial charge in [-0.1, -0.05) is 34.1 Å². The molecule has 4 heteroatoms. The molecule has 0 aromatic rings. The van der Waals surface area contributed by atoms with E-state index in [-0.39, 0.29) is 0 Å². The number of hydrogen-bond donors (Lipinski definition) is 1. The van der Waals surface area contributed by atoms with E-state index in [4.69, 9.17) is 0 Å². The molecule has 0 spiro atoms. The third-order valence-corrected chi connectivity index (χ3v) is 2.38. The Bertz CT molecular complexity index is 273. The monoisotopic (exact) mass is 308 g/mol. The second-order valence-electron chi connectivity index (χ2n) is 2.67. The Morgan fingerprint density at radius 1 is 1.71 bits per heavy atom. The van der Waals surface area contributed by atoms with Crippen LogP contribution < -0.4 is 0 Å². The van der Waals surface area contributed by atoms with Crippen molar-refractivity contribution in [2.75, 3.05) is 6.61 Å². The first-order chi connectivity index (χ1) is 6.60. The summed E-state index contributed by atoms with van der Waals surface area (Å²) in [6.45, 7) is 3.90. The van der Waals surface area contributed by atoms with Crippen LogP contribution >= 0.6 is 22.6 Å². The molecule has 0 rings (SSSR count). The summed E-state index contributed by atoms with van der Waals surface area (Å²) >= 11 is 2.09. The van der Waals surface area contributed by atoms with Gasteiger partial charge in [-0.15, -0.1) is 0 Å². The zero-order valence-electron chi connectivity index (χ0n) is 8.21. The number of carbonyl (C=O) groups is 1. The molecule has 0 aromatic heterocycles. The fraction of sp³-hybridized carbons (Fsp3) is 0.500. The Kier molecular flexibility index (Phi) is 7.52. The minimum Gasteiger partial charge on any atom is -0.456 e. The summed E-state index contributed by atoms with van der Waals surface area (Å²) in [7, 11) is 0. The van der Waals surface area contributed by atoms with Crippen LogP contribution in [0.3, 0.4) is 0 Å². The van der Waals surface area contributed by atoms with E-state index in [0.717, 1.165) is 5.57 Å².